The summed E-state index contributed by atoms with van der Waals surface area (Å²) in [5, 5.41) is 17.6. The molecule has 2 atom stereocenters. The van der Waals surface area contributed by atoms with E-state index < -0.39 is 5.97 Å². The first-order chi connectivity index (χ1) is 16.3. The number of nitrogens with zero attached hydrogens (tertiary/aromatic N) is 5. The molecule has 34 heavy (non-hydrogen) atoms. The average Bonchev–Trinajstić information content (AvgIpc) is 3.16. The first-order valence-electron chi connectivity index (χ1n) is 12.0. The third kappa shape index (κ3) is 5.48. The van der Waals surface area contributed by atoms with E-state index in [0.29, 0.717) is 53.8 Å². The summed E-state index contributed by atoms with van der Waals surface area (Å²) in [6.07, 6.45) is 5.94. The number of hydrogen-bond donors (Lipinski definition) is 1. The predicted octanol–water partition coefficient (Wildman–Crippen LogP) is 3.58. The summed E-state index contributed by atoms with van der Waals surface area (Å²) in [6, 6.07) is 3.64. The zero-order valence-electron chi connectivity index (χ0n) is 20.1. The van der Waals surface area contributed by atoms with Gasteiger partial charge in [0.05, 0.1) is 23.4 Å². The molecule has 1 amide bonds. The van der Waals surface area contributed by atoms with Crippen molar-refractivity contribution in [2.24, 2.45) is 18.9 Å². The predicted molar refractivity (Wildman–Crippen MR) is 123 cm³/mol. The van der Waals surface area contributed by atoms with Gasteiger partial charge in [0.1, 0.15) is 23.7 Å². The Morgan fingerprint density at radius 1 is 1.21 bits per heavy atom. The molecule has 2 aromatic heterocycles. The zero-order chi connectivity index (χ0) is 24.2. The second-order valence-corrected chi connectivity index (χ2v) is 9.46. The Morgan fingerprint density at radius 2 is 1.97 bits per heavy atom. The van der Waals surface area contributed by atoms with Crippen molar-refractivity contribution in [3.8, 4) is 17.1 Å². The lowest BCUT2D eigenvalue weighted by molar-refractivity contribution is -0.143. The van der Waals surface area contributed by atoms with Crippen LogP contribution in [0.1, 0.15) is 56.3 Å². The number of rotatable bonds is 8. The maximum absolute atomic E-state index is 12.4. The lowest BCUT2D eigenvalue weighted by atomic mass is 9.85. The molecule has 4 rings (SSSR count). The van der Waals surface area contributed by atoms with E-state index in [9.17, 15) is 14.7 Å². The van der Waals surface area contributed by atoms with Crippen LogP contribution in [0.15, 0.2) is 12.1 Å². The number of pyridine rings is 1. The van der Waals surface area contributed by atoms with Crippen molar-refractivity contribution < 1.29 is 24.2 Å². The van der Waals surface area contributed by atoms with Crippen LogP contribution < -0.4 is 4.74 Å². The highest BCUT2D eigenvalue weighted by molar-refractivity contribution is 5.70. The van der Waals surface area contributed by atoms with Gasteiger partial charge in [-0.1, -0.05) is 11.6 Å². The monoisotopic (exact) mass is 471 g/mol. The topological polar surface area (TPSA) is 120 Å². The van der Waals surface area contributed by atoms with Gasteiger partial charge in [0.15, 0.2) is 0 Å². The Kier molecular flexibility index (Phi) is 7.33. The normalized spacial score (nSPS) is 20.4. The van der Waals surface area contributed by atoms with Crippen LogP contribution in [0.5, 0.6) is 5.75 Å². The van der Waals surface area contributed by atoms with E-state index in [0.717, 1.165) is 12.8 Å². The summed E-state index contributed by atoms with van der Waals surface area (Å²) in [4.78, 5) is 30.0. The van der Waals surface area contributed by atoms with Gasteiger partial charge < -0.3 is 19.5 Å². The first-order valence-corrected chi connectivity index (χ1v) is 12.0. The number of carbonyl (C=O) groups is 2. The standard InChI is InChI=1S/C24H33N5O5/c1-15-21(34-18-9-5-8-17(12-18)23(30)31)11-10-19(25-15)22-20(29(3)27-26-22)14-33-24(32)28(2)13-16-6-4-7-16/h10-11,16-18H,4-9,12-14H2,1-3H3,(H,30,31)/t17-,18-/m1/s1. The molecule has 0 radical (unpaired) electrons. The molecule has 184 valence electrons. The molecule has 0 aromatic carbocycles. The molecule has 10 heteroatoms. The van der Waals surface area contributed by atoms with Gasteiger partial charge in [-0.2, -0.15) is 0 Å². The van der Waals surface area contributed by atoms with Gasteiger partial charge in [-0.3, -0.25) is 4.79 Å². The Balaban J connectivity index is 1.41. The number of aryl methyl sites for hydroxylation is 2. The second-order valence-electron chi connectivity index (χ2n) is 9.46. The van der Waals surface area contributed by atoms with Crippen LogP contribution in [0.3, 0.4) is 0 Å². The fourth-order valence-corrected chi connectivity index (χ4v) is 4.58. The molecule has 2 aromatic rings. The Labute approximate surface area is 199 Å². The third-order valence-corrected chi connectivity index (χ3v) is 6.89. The molecule has 0 spiro atoms. The van der Waals surface area contributed by atoms with E-state index in [1.54, 1.807) is 29.7 Å². The molecule has 2 heterocycles. The van der Waals surface area contributed by atoms with Gasteiger partial charge in [0.2, 0.25) is 0 Å². The van der Waals surface area contributed by atoms with Crippen molar-refractivity contribution in [3.63, 3.8) is 0 Å². The van der Waals surface area contributed by atoms with Gasteiger partial charge >= 0.3 is 12.1 Å². The minimum atomic E-state index is -0.761. The molecular weight excluding hydrogens is 438 g/mol. The van der Waals surface area contributed by atoms with E-state index in [1.165, 1.54) is 19.3 Å². The Morgan fingerprint density at radius 3 is 2.65 bits per heavy atom. The smallest absolute Gasteiger partial charge is 0.409 e. The van der Waals surface area contributed by atoms with Crippen molar-refractivity contribution >= 4 is 12.1 Å². The van der Waals surface area contributed by atoms with Gasteiger partial charge in [-0.15, -0.1) is 5.10 Å². The van der Waals surface area contributed by atoms with Gasteiger partial charge in [-0.25, -0.2) is 14.5 Å². The van der Waals surface area contributed by atoms with E-state index in [1.807, 2.05) is 13.0 Å². The van der Waals surface area contributed by atoms with E-state index in [-0.39, 0.29) is 24.7 Å². The van der Waals surface area contributed by atoms with Gasteiger partial charge in [-0.05, 0) is 63.5 Å². The van der Waals surface area contributed by atoms with E-state index in [4.69, 9.17) is 9.47 Å². The summed E-state index contributed by atoms with van der Waals surface area (Å²) < 4.78 is 13.2. The van der Waals surface area contributed by atoms with Crippen LogP contribution in [0, 0.1) is 18.8 Å². The summed E-state index contributed by atoms with van der Waals surface area (Å²) in [7, 11) is 3.52. The van der Waals surface area contributed by atoms with E-state index >= 15 is 0 Å². The molecule has 10 nitrogen and oxygen atoms in total. The van der Waals surface area contributed by atoms with Crippen molar-refractivity contribution in [1.29, 1.82) is 0 Å². The third-order valence-electron chi connectivity index (χ3n) is 6.89. The van der Waals surface area contributed by atoms with Crippen molar-refractivity contribution in [3.05, 3.63) is 23.5 Å². The molecular formula is C24H33N5O5. The van der Waals surface area contributed by atoms with Crippen LogP contribution in [-0.4, -0.2) is 61.7 Å². The largest absolute Gasteiger partial charge is 0.489 e. The van der Waals surface area contributed by atoms with Crippen molar-refractivity contribution in [2.75, 3.05) is 13.6 Å². The number of aromatic nitrogens is 4. The Hall–Kier alpha value is -3.17. The van der Waals surface area contributed by atoms with Crippen LogP contribution in [0.25, 0.3) is 11.4 Å². The minimum absolute atomic E-state index is 0.0459. The minimum Gasteiger partial charge on any atom is -0.489 e. The SMILES string of the molecule is Cc1nc(-c2nnn(C)c2COC(=O)N(C)CC2CCC2)ccc1O[C@@H]1CCC[C@@H](C(=O)O)C1. The molecule has 2 fully saturated rings. The maximum Gasteiger partial charge on any atom is 0.409 e. The van der Waals surface area contributed by atoms with E-state index in [2.05, 4.69) is 15.3 Å². The lowest BCUT2D eigenvalue weighted by Gasteiger charge is -2.29. The molecule has 2 aliphatic rings. The van der Waals surface area contributed by atoms with Gasteiger partial charge in [0.25, 0.3) is 0 Å². The Bertz CT molecular complexity index is 1030. The molecule has 2 saturated carbocycles. The zero-order valence-corrected chi connectivity index (χ0v) is 20.1. The first kappa shape index (κ1) is 24.0. The van der Waals surface area contributed by atoms with Crippen LogP contribution in [0.2, 0.25) is 0 Å². The highest BCUT2D eigenvalue weighted by Crippen LogP contribution is 2.31. The molecule has 0 unspecified atom stereocenters. The molecule has 0 aliphatic heterocycles. The van der Waals surface area contributed by atoms with Crippen LogP contribution in [-0.2, 0) is 23.2 Å². The average molecular weight is 472 g/mol. The fourth-order valence-electron chi connectivity index (χ4n) is 4.58. The molecule has 2 aliphatic carbocycles. The molecule has 1 N–H and O–H groups in total. The summed E-state index contributed by atoms with van der Waals surface area (Å²) in [6.45, 7) is 2.61. The number of carboxylic acid groups (broad SMARTS) is 1. The second kappa shape index (κ2) is 10.4. The highest BCUT2D eigenvalue weighted by Gasteiger charge is 2.29. The van der Waals surface area contributed by atoms with Gasteiger partial charge in [0, 0.05) is 20.6 Å². The number of hydrogen-bond acceptors (Lipinski definition) is 7. The number of amides is 1. The summed E-state index contributed by atoms with van der Waals surface area (Å²) in [5.74, 6) is 0.0878. The number of carbonyl (C=O) groups excluding carboxylic acids is 1. The summed E-state index contributed by atoms with van der Waals surface area (Å²) >= 11 is 0. The quantitative estimate of drug-likeness (QED) is 0.620. The lowest BCUT2D eigenvalue weighted by Crippen LogP contribution is -2.34. The number of carboxylic acids is 1. The fraction of sp³-hybridized carbons (Fsp3) is 0.625. The van der Waals surface area contributed by atoms with Crippen LogP contribution in [0.4, 0.5) is 4.79 Å². The molecule has 0 saturated heterocycles. The highest BCUT2D eigenvalue weighted by atomic mass is 16.6. The maximum atomic E-state index is 12.4. The van der Waals surface area contributed by atoms with Crippen molar-refractivity contribution in [2.45, 2.75) is 64.6 Å². The molecule has 0 bridgehead atoms. The number of aliphatic carboxylic acids is 1. The van der Waals surface area contributed by atoms with Crippen molar-refractivity contribution in [1.82, 2.24) is 24.9 Å². The number of ether oxygens (including phenoxy) is 2. The summed E-state index contributed by atoms with van der Waals surface area (Å²) in [5.41, 5.74) is 2.50. The van der Waals surface area contributed by atoms with Crippen LogP contribution >= 0.6 is 0 Å².